The molecule has 0 saturated heterocycles. The molecule has 0 atom stereocenters. The molecular weight excluding hydrogens is 342 g/mol. The monoisotopic (exact) mass is 371 g/mol. The lowest BCUT2D eigenvalue weighted by atomic mass is 9.82. The molecule has 2 aromatic rings. The Balaban J connectivity index is 1.89. The van der Waals surface area contributed by atoms with Crippen molar-refractivity contribution < 1.29 is 19.4 Å². The highest BCUT2D eigenvalue weighted by atomic mass is 16.5. The van der Waals surface area contributed by atoms with E-state index in [1.165, 1.54) is 11.8 Å². The summed E-state index contributed by atoms with van der Waals surface area (Å²) >= 11 is 0. The highest BCUT2D eigenvalue weighted by molar-refractivity contribution is 5.80. The molecule has 0 spiro atoms. The Morgan fingerprint density at radius 2 is 1.63 bits per heavy atom. The highest BCUT2D eigenvalue weighted by Gasteiger charge is 2.17. The lowest BCUT2D eigenvalue weighted by Gasteiger charge is -2.23. The predicted molar refractivity (Wildman–Crippen MR) is 108 cm³/mol. The summed E-state index contributed by atoms with van der Waals surface area (Å²) in [4.78, 5) is 0. The Morgan fingerprint density at radius 1 is 0.926 bits per heavy atom. The van der Waals surface area contributed by atoms with Crippen molar-refractivity contribution in [1.82, 2.24) is 0 Å². The normalized spacial score (nSPS) is 11.6. The van der Waals surface area contributed by atoms with Crippen LogP contribution in [0.2, 0.25) is 0 Å². The minimum atomic E-state index is 0.171. The largest absolute Gasteiger partial charge is 0.490 e. The van der Waals surface area contributed by atoms with E-state index >= 15 is 0 Å². The quantitative estimate of drug-likeness (QED) is 0.275. The summed E-state index contributed by atoms with van der Waals surface area (Å²) < 4.78 is 17.1. The zero-order valence-corrected chi connectivity index (χ0v) is 16.6. The van der Waals surface area contributed by atoms with E-state index in [0.717, 1.165) is 17.7 Å². The summed E-state index contributed by atoms with van der Waals surface area (Å²) in [5.41, 5.74) is 2.21. The number of oxime groups is 1. The van der Waals surface area contributed by atoms with E-state index in [1.807, 2.05) is 19.1 Å². The molecule has 0 aliphatic rings. The van der Waals surface area contributed by atoms with Gasteiger partial charge in [0, 0.05) is 5.56 Å². The number of rotatable bonds is 10. The summed E-state index contributed by atoms with van der Waals surface area (Å²) in [5, 5.41) is 11.7. The van der Waals surface area contributed by atoms with Crippen molar-refractivity contribution in [2.45, 2.75) is 39.5 Å². The molecule has 0 heterocycles. The second-order valence-electron chi connectivity index (χ2n) is 6.84. The third kappa shape index (κ3) is 5.91. The van der Waals surface area contributed by atoms with Gasteiger partial charge in [-0.05, 0) is 54.7 Å². The summed E-state index contributed by atoms with van der Waals surface area (Å²) in [6.45, 7) is 9.93. The molecule has 0 unspecified atom stereocenters. The van der Waals surface area contributed by atoms with E-state index in [2.05, 4.69) is 38.1 Å². The summed E-state index contributed by atoms with van der Waals surface area (Å²) in [6.07, 6.45) is 2.44. The zero-order chi connectivity index (χ0) is 19.7. The van der Waals surface area contributed by atoms with Gasteiger partial charge in [0.2, 0.25) is 0 Å². The fourth-order valence-corrected chi connectivity index (χ4v) is 2.58. The molecule has 2 rings (SSSR count). The Bertz CT molecular complexity index is 738. The molecule has 0 aliphatic heterocycles. The van der Waals surface area contributed by atoms with Crippen LogP contribution in [0.15, 0.2) is 47.6 Å². The number of nitrogens with zero attached hydrogens (tertiary/aromatic N) is 1. The van der Waals surface area contributed by atoms with Crippen molar-refractivity contribution in [2.24, 2.45) is 5.16 Å². The molecule has 27 heavy (non-hydrogen) atoms. The second kappa shape index (κ2) is 9.86. The Labute approximate surface area is 161 Å². The number of benzene rings is 2. The molecule has 0 radical (unpaired) electrons. The third-order valence-corrected chi connectivity index (χ3v) is 4.60. The van der Waals surface area contributed by atoms with Gasteiger partial charge >= 0.3 is 0 Å². The van der Waals surface area contributed by atoms with Gasteiger partial charge in [-0.15, -0.1) is 0 Å². The molecule has 5 heteroatoms. The Hall–Kier alpha value is -2.69. The van der Waals surface area contributed by atoms with Crippen LogP contribution in [0.3, 0.4) is 0 Å². The van der Waals surface area contributed by atoms with Crippen LogP contribution < -0.4 is 14.2 Å². The SMILES string of the molecule is CCOc1cc(C=NO)ccc1OCCOc1ccc(C(C)(C)CC)cc1. The van der Waals surface area contributed by atoms with Gasteiger partial charge in [-0.1, -0.05) is 38.1 Å². The maximum Gasteiger partial charge on any atom is 0.161 e. The first-order chi connectivity index (χ1) is 13.0. The van der Waals surface area contributed by atoms with Crippen LogP contribution in [-0.2, 0) is 5.41 Å². The average Bonchev–Trinajstić information content (AvgIpc) is 2.67. The summed E-state index contributed by atoms with van der Waals surface area (Å²) in [5.74, 6) is 2.07. The zero-order valence-electron chi connectivity index (χ0n) is 16.6. The minimum Gasteiger partial charge on any atom is -0.490 e. The van der Waals surface area contributed by atoms with E-state index in [0.29, 0.717) is 31.3 Å². The molecule has 1 N–H and O–H groups in total. The van der Waals surface area contributed by atoms with Gasteiger partial charge < -0.3 is 19.4 Å². The maximum atomic E-state index is 8.65. The molecule has 2 aromatic carbocycles. The van der Waals surface area contributed by atoms with Crippen LogP contribution in [0.5, 0.6) is 17.2 Å². The van der Waals surface area contributed by atoms with Gasteiger partial charge in [-0.3, -0.25) is 0 Å². The fraction of sp³-hybridized carbons (Fsp3) is 0.409. The first kappa shape index (κ1) is 20.6. The predicted octanol–water partition coefficient (Wildman–Crippen LogP) is 5.04. The Morgan fingerprint density at radius 3 is 2.26 bits per heavy atom. The molecule has 0 bridgehead atoms. The fourth-order valence-electron chi connectivity index (χ4n) is 2.58. The maximum absolute atomic E-state index is 8.65. The molecule has 0 amide bonds. The van der Waals surface area contributed by atoms with Crippen molar-refractivity contribution >= 4 is 6.21 Å². The second-order valence-corrected chi connectivity index (χ2v) is 6.84. The smallest absolute Gasteiger partial charge is 0.161 e. The number of ether oxygens (including phenoxy) is 3. The summed E-state index contributed by atoms with van der Waals surface area (Å²) in [6, 6.07) is 13.6. The topological polar surface area (TPSA) is 60.3 Å². The molecule has 0 aliphatic carbocycles. The lowest BCUT2D eigenvalue weighted by molar-refractivity contribution is 0.208. The van der Waals surface area contributed by atoms with Gasteiger partial charge in [0.25, 0.3) is 0 Å². The summed E-state index contributed by atoms with van der Waals surface area (Å²) in [7, 11) is 0. The van der Waals surface area contributed by atoms with Gasteiger partial charge in [-0.2, -0.15) is 0 Å². The van der Waals surface area contributed by atoms with Crippen LogP contribution in [0, 0.1) is 0 Å². The standard InChI is InChI=1S/C22H29NO4/c1-5-22(3,4)18-8-10-19(11-9-18)26-13-14-27-20-12-7-17(16-23-24)15-21(20)25-6-2/h7-12,15-16,24H,5-6,13-14H2,1-4H3. The van der Waals surface area contributed by atoms with Crippen molar-refractivity contribution in [1.29, 1.82) is 0 Å². The van der Waals surface area contributed by atoms with Crippen molar-refractivity contribution in [2.75, 3.05) is 19.8 Å². The van der Waals surface area contributed by atoms with Gasteiger partial charge in [-0.25, -0.2) is 0 Å². The third-order valence-electron chi connectivity index (χ3n) is 4.60. The van der Waals surface area contributed by atoms with Gasteiger partial charge in [0.05, 0.1) is 12.8 Å². The van der Waals surface area contributed by atoms with Crippen molar-refractivity contribution in [3.63, 3.8) is 0 Å². The van der Waals surface area contributed by atoms with Crippen LogP contribution >= 0.6 is 0 Å². The Kier molecular flexibility index (Phi) is 7.53. The number of hydrogen-bond donors (Lipinski definition) is 1. The minimum absolute atomic E-state index is 0.171. The van der Waals surface area contributed by atoms with Gasteiger partial charge in [0.1, 0.15) is 19.0 Å². The van der Waals surface area contributed by atoms with E-state index in [-0.39, 0.29) is 5.41 Å². The first-order valence-electron chi connectivity index (χ1n) is 9.30. The van der Waals surface area contributed by atoms with E-state index < -0.39 is 0 Å². The van der Waals surface area contributed by atoms with E-state index in [1.54, 1.807) is 18.2 Å². The van der Waals surface area contributed by atoms with E-state index in [4.69, 9.17) is 19.4 Å². The first-order valence-corrected chi connectivity index (χ1v) is 9.30. The molecular formula is C22H29NO4. The van der Waals surface area contributed by atoms with Crippen molar-refractivity contribution in [3.8, 4) is 17.2 Å². The molecule has 146 valence electrons. The lowest BCUT2D eigenvalue weighted by Crippen LogP contribution is -2.15. The molecule has 0 aromatic heterocycles. The van der Waals surface area contributed by atoms with Crippen LogP contribution in [-0.4, -0.2) is 31.2 Å². The molecule has 0 fully saturated rings. The van der Waals surface area contributed by atoms with Crippen LogP contribution in [0.1, 0.15) is 45.2 Å². The number of hydrogen-bond acceptors (Lipinski definition) is 5. The van der Waals surface area contributed by atoms with Crippen molar-refractivity contribution in [3.05, 3.63) is 53.6 Å². The molecule has 5 nitrogen and oxygen atoms in total. The van der Waals surface area contributed by atoms with Crippen LogP contribution in [0.4, 0.5) is 0 Å². The van der Waals surface area contributed by atoms with Gasteiger partial charge in [0.15, 0.2) is 11.5 Å². The van der Waals surface area contributed by atoms with Crippen LogP contribution in [0.25, 0.3) is 0 Å². The van der Waals surface area contributed by atoms with E-state index in [9.17, 15) is 0 Å². The molecule has 0 saturated carbocycles. The highest BCUT2D eigenvalue weighted by Crippen LogP contribution is 2.29. The average molecular weight is 371 g/mol.